The van der Waals surface area contributed by atoms with Gasteiger partial charge in [0.1, 0.15) is 0 Å². The molecule has 2 aliphatic rings. The summed E-state index contributed by atoms with van der Waals surface area (Å²) in [5.74, 6) is 0. The second-order valence-electron chi connectivity index (χ2n) is 6.31. The number of fused-ring (bicyclic) bond motifs is 2. The van der Waals surface area contributed by atoms with Crippen LogP contribution in [0.2, 0.25) is 4.34 Å². The van der Waals surface area contributed by atoms with E-state index in [1.807, 2.05) is 41.0 Å². The standard InChI is InChI=1S/C17H19ClN4OS/c1-21-15(6-7-20-21)11-8-12-2-3-13(9-11)22(12)17(23)19-10-14-4-5-16(18)24-14/h4-8,12-13H,2-3,9-10H2,1H3,(H,19,23). The molecule has 126 valence electrons. The molecule has 0 aromatic carbocycles. The fraction of sp³-hybridized carbons (Fsp3) is 0.412. The van der Waals surface area contributed by atoms with Crippen LogP contribution in [0.15, 0.2) is 30.5 Å². The molecule has 0 radical (unpaired) electrons. The number of urea groups is 1. The zero-order valence-corrected chi connectivity index (χ0v) is 15.0. The minimum absolute atomic E-state index is 0.0207. The fourth-order valence-electron chi connectivity index (χ4n) is 3.73. The van der Waals surface area contributed by atoms with Gasteiger partial charge in [-0.2, -0.15) is 5.10 Å². The van der Waals surface area contributed by atoms with Gasteiger partial charge in [0.2, 0.25) is 0 Å². The molecule has 0 saturated carbocycles. The number of halogens is 1. The predicted molar refractivity (Wildman–Crippen MR) is 96.0 cm³/mol. The van der Waals surface area contributed by atoms with Crippen LogP contribution in [0.3, 0.4) is 0 Å². The topological polar surface area (TPSA) is 50.2 Å². The van der Waals surface area contributed by atoms with Crippen LogP contribution >= 0.6 is 22.9 Å². The first-order valence-corrected chi connectivity index (χ1v) is 9.30. The number of aromatic nitrogens is 2. The Hall–Kier alpha value is -1.79. The molecule has 0 aliphatic carbocycles. The van der Waals surface area contributed by atoms with Crippen LogP contribution in [0.25, 0.3) is 5.57 Å². The number of hydrogen-bond donors (Lipinski definition) is 1. The molecular weight excluding hydrogens is 344 g/mol. The second-order valence-corrected chi connectivity index (χ2v) is 8.11. The van der Waals surface area contributed by atoms with Crippen LogP contribution in [0.5, 0.6) is 0 Å². The van der Waals surface area contributed by atoms with Crippen molar-refractivity contribution in [1.82, 2.24) is 20.0 Å². The maximum Gasteiger partial charge on any atom is 0.318 e. The molecule has 4 rings (SSSR count). The van der Waals surface area contributed by atoms with Crippen LogP contribution in [-0.2, 0) is 13.6 Å². The van der Waals surface area contributed by atoms with Crippen molar-refractivity contribution in [2.24, 2.45) is 7.05 Å². The Labute approximate surface area is 149 Å². The molecule has 2 aromatic rings. The molecule has 24 heavy (non-hydrogen) atoms. The lowest BCUT2D eigenvalue weighted by atomic mass is 9.99. The van der Waals surface area contributed by atoms with Gasteiger partial charge in [0.15, 0.2) is 0 Å². The third-order valence-corrected chi connectivity index (χ3v) is 6.05. The Balaban J connectivity index is 1.46. The summed E-state index contributed by atoms with van der Waals surface area (Å²) in [6.45, 7) is 0.532. The van der Waals surface area contributed by atoms with E-state index >= 15 is 0 Å². The van der Waals surface area contributed by atoms with Gasteiger partial charge < -0.3 is 10.2 Å². The molecule has 2 amide bonds. The van der Waals surface area contributed by atoms with Gasteiger partial charge in [0.05, 0.1) is 22.6 Å². The fourth-order valence-corrected chi connectivity index (χ4v) is 4.75. The van der Waals surface area contributed by atoms with E-state index < -0.39 is 0 Å². The molecule has 2 aromatic heterocycles. The van der Waals surface area contributed by atoms with Gasteiger partial charge >= 0.3 is 6.03 Å². The van der Waals surface area contributed by atoms with E-state index in [4.69, 9.17) is 11.6 Å². The van der Waals surface area contributed by atoms with Gasteiger partial charge in [-0.15, -0.1) is 11.3 Å². The van der Waals surface area contributed by atoms with E-state index in [0.29, 0.717) is 6.54 Å². The van der Waals surface area contributed by atoms with Crippen molar-refractivity contribution in [3.63, 3.8) is 0 Å². The Kier molecular flexibility index (Phi) is 4.10. The summed E-state index contributed by atoms with van der Waals surface area (Å²) >= 11 is 7.44. The highest BCUT2D eigenvalue weighted by molar-refractivity contribution is 7.16. The number of hydrogen-bond acceptors (Lipinski definition) is 3. The largest absolute Gasteiger partial charge is 0.333 e. The first-order valence-electron chi connectivity index (χ1n) is 8.11. The number of nitrogens with one attached hydrogen (secondary N) is 1. The van der Waals surface area contributed by atoms with E-state index in [9.17, 15) is 4.79 Å². The number of aryl methyl sites for hydroxylation is 1. The van der Waals surface area contributed by atoms with Crippen molar-refractivity contribution in [1.29, 1.82) is 0 Å². The van der Waals surface area contributed by atoms with Gasteiger partial charge in [-0.1, -0.05) is 17.7 Å². The molecule has 2 unspecified atom stereocenters. The third-order valence-electron chi connectivity index (χ3n) is 4.82. The van der Waals surface area contributed by atoms with Crippen molar-refractivity contribution in [3.8, 4) is 0 Å². The summed E-state index contributed by atoms with van der Waals surface area (Å²) in [5, 5.41) is 7.29. The van der Waals surface area contributed by atoms with E-state index in [0.717, 1.165) is 34.2 Å². The quantitative estimate of drug-likeness (QED) is 0.905. The molecule has 1 fully saturated rings. The number of amides is 2. The SMILES string of the molecule is Cn1nccc1C1=CC2CCC(C1)N2C(=O)NCc1ccc(Cl)s1. The first kappa shape index (κ1) is 15.7. The summed E-state index contributed by atoms with van der Waals surface area (Å²) in [5.41, 5.74) is 2.46. The minimum atomic E-state index is 0.0207. The molecule has 2 bridgehead atoms. The van der Waals surface area contributed by atoms with Crippen LogP contribution < -0.4 is 5.32 Å². The zero-order valence-electron chi connectivity index (χ0n) is 13.4. The van der Waals surface area contributed by atoms with Crippen molar-refractivity contribution in [2.75, 3.05) is 0 Å². The highest BCUT2D eigenvalue weighted by Crippen LogP contribution is 2.38. The van der Waals surface area contributed by atoms with Gasteiger partial charge in [0.25, 0.3) is 0 Å². The van der Waals surface area contributed by atoms with E-state index in [1.165, 1.54) is 16.9 Å². The Bertz CT molecular complexity index is 796. The monoisotopic (exact) mass is 362 g/mol. The third kappa shape index (κ3) is 2.84. The summed E-state index contributed by atoms with van der Waals surface area (Å²) in [6, 6.07) is 6.34. The van der Waals surface area contributed by atoms with E-state index in [1.54, 1.807) is 0 Å². The smallest absolute Gasteiger partial charge is 0.318 e. The number of carbonyl (C=O) groups is 1. The molecule has 0 spiro atoms. The van der Waals surface area contributed by atoms with Gasteiger partial charge in [0, 0.05) is 24.2 Å². The van der Waals surface area contributed by atoms with Crippen molar-refractivity contribution in [3.05, 3.63) is 45.4 Å². The number of carbonyl (C=O) groups excluding carboxylic acids is 1. The molecule has 5 nitrogen and oxygen atoms in total. The van der Waals surface area contributed by atoms with Crippen LogP contribution in [0.1, 0.15) is 29.8 Å². The lowest BCUT2D eigenvalue weighted by molar-refractivity contribution is 0.179. The lowest BCUT2D eigenvalue weighted by Crippen LogP contribution is -2.48. The highest BCUT2D eigenvalue weighted by Gasteiger charge is 2.40. The predicted octanol–water partition coefficient (Wildman–Crippen LogP) is 3.66. The molecular formula is C17H19ClN4OS. The average molecular weight is 363 g/mol. The lowest BCUT2D eigenvalue weighted by Gasteiger charge is -2.34. The summed E-state index contributed by atoms with van der Waals surface area (Å²) in [6.07, 6.45) is 7.05. The zero-order chi connectivity index (χ0) is 16.7. The summed E-state index contributed by atoms with van der Waals surface area (Å²) < 4.78 is 2.66. The number of nitrogens with zero attached hydrogens (tertiary/aromatic N) is 3. The molecule has 2 aliphatic heterocycles. The van der Waals surface area contributed by atoms with Crippen molar-refractivity contribution < 1.29 is 4.79 Å². The summed E-state index contributed by atoms with van der Waals surface area (Å²) in [7, 11) is 1.96. The van der Waals surface area contributed by atoms with Crippen molar-refractivity contribution >= 4 is 34.5 Å². The normalized spacial score (nSPS) is 22.6. The first-order chi connectivity index (χ1) is 11.6. The number of rotatable bonds is 3. The second kappa shape index (κ2) is 6.26. The maximum atomic E-state index is 12.6. The molecule has 4 heterocycles. The molecule has 1 saturated heterocycles. The highest BCUT2D eigenvalue weighted by atomic mass is 35.5. The van der Waals surface area contributed by atoms with Gasteiger partial charge in [-0.05, 0) is 43.0 Å². The van der Waals surface area contributed by atoms with Gasteiger partial charge in [-0.25, -0.2) is 4.79 Å². The molecule has 2 atom stereocenters. The van der Waals surface area contributed by atoms with Crippen LogP contribution in [0, 0.1) is 0 Å². The Morgan fingerprint density at radius 3 is 2.96 bits per heavy atom. The Morgan fingerprint density at radius 2 is 2.29 bits per heavy atom. The maximum absolute atomic E-state index is 12.6. The van der Waals surface area contributed by atoms with Crippen LogP contribution in [0.4, 0.5) is 4.79 Å². The van der Waals surface area contributed by atoms with E-state index in [2.05, 4.69) is 16.5 Å². The molecule has 7 heteroatoms. The van der Waals surface area contributed by atoms with Crippen molar-refractivity contribution in [2.45, 2.75) is 37.9 Å². The minimum Gasteiger partial charge on any atom is -0.333 e. The number of thiophene rings is 1. The van der Waals surface area contributed by atoms with Crippen LogP contribution in [-0.4, -0.2) is 32.8 Å². The average Bonchev–Trinajstić information content (AvgIpc) is 3.24. The Morgan fingerprint density at radius 1 is 1.42 bits per heavy atom. The summed E-state index contributed by atoms with van der Waals surface area (Å²) in [4.78, 5) is 15.7. The molecule has 1 N–H and O–H groups in total. The van der Waals surface area contributed by atoms with E-state index in [-0.39, 0.29) is 18.1 Å². The van der Waals surface area contributed by atoms with Gasteiger partial charge in [-0.3, -0.25) is 4.68 Å².